The Labute approximate surface area is 94.5 Å². The number of carbonyl (C=O) groups is 1. The van der Waals surface area contributed by atoms with Gasteiger partial charge in [0.2, 0.25) is 0 Å². The van der Waals surface area contributed by atoms with Gasteiger partial charge in [-0.2, -0.15) is 0 Å². The summed E-state index contributed by atoms with van der Waals surface area (Å²) >= 11 is 0. The molecular weight excluding hydrogens is 206 g/mol. The summed E-state index contributed by atoms with van der Waals surface area (Å²) in [5.74, 6) is 0.285. The normalized spacial score (nSPS) is 24.8. The van der Waals surface area contributed by atoms with Crippen LogP contribution in [0.3, 0.4) is 0 Å². The van der Waals surface area contributed by atoms with Crippen molar-refractivity contribution in [1.29, 1.82) is 0 Å². The van der Waals surface area contributed by atoms with Crippen LogP contribution in [0.25, 0.3) is 0 Å². The van der Waals surface area contributed by atoms with Crippen molar-refractivity contribution in [3.63, 3.8) is 0 Å². The zero-order valence-electron chi connectivity index (χ0n) is 9.39. The largest absolute Gasteiger partial charge is 0.480 e. The predicted octanol–water partition coefficient (Wildman–Crippen LogP) is 0.651. The summed E-state index contributed by atoms with van der Waals surface area (Å²) in [5.41, 5.74) is 0. The first-order valence-electron chi connectivity index (χ1n) is 5.69. The third-order valence-electron chi connectivity index (χ3n) is 3.11. The van der Waals surface area contributed by atoms with Gasteiger partial charge in [0.1, 0.15) is 11.9 Å². The predicted molar refractivity (Wildman–Crippen MR) is 59.2 cm³/mol. The first-order valence-corrected chi connectivity index (χ1v) is 5.69. The summed E-state index contributed by atoms with van der Waals surface area (Å²) in [6.07, 6.45) is 6.19. The van der Waals surface area contributed by atoms with Gasteiger partial charge in [-0.05, 0) is 19.8 Å². The maximum absolute atomic E-state index is 10.8. The van der Waals surface area contributed by atoms with E-state index in [1.54, 1.807) is 6.20 Å². The molecule has 2 unspecified atom stereocenters. The van der Waals surface area contributed by atoms with Gasteiger partial charge < -0.3 is 15.0 Å². The summed E-state index contributed by atoms with van der Waals surface area (Å²) in [7, 11) is 0. The van der Waals surface area contributed by atoms with Crippen LogP contribution in [0.1, 0.15) is 25.6 Å². The molecule has 0 radical (unpaired) electrons. The van der Waals surface area contributed by atoms with Crippen LogP contribution in [0.2, 0.25) is 0 Å². The van der Waals surface area contributed by atoms with Crippen molar-refractivity contribution in [3.05, 3.63) is 18.2 Å². The van der Waals surface area contributed by atoms with Crippen molar-refractivity contribution in [2.75, 3.05) is 0 Å². The third-order valence-corrected chi connectivity index (χ3v) is 3.11. The molecule has 0 bridgehead atoms. The molecule has 1 aromatic heterocycles. The van der Waals surface area contributed by atoms with Crippen LogP contribution in [0, 0.1) is 0 Å². The average molecular weight is 223 g/mol. The van der Waals surface area contributed by atoms with Crippen LogP contribution in [0.4, 0.5) is 0 Å². The van der Waals surface area contributed by atoms with E-state index in [0.29, 0.717) is 6.42 Å². The lowest BCUT2D eigenvalue weighted by Crippen LogP contribution is -2.36. The number of hydrogen-bond acceptors (Lipinski definition) is 3. The summed E-state index contributed by atoms with van der Waals surface area (Å²) in [6.45, 7) is 2.98. The summed E-state index contributed by atoms with van der Waals surface area (Å²) < 4.78 is 2.09. The fourth-order valence-electron chi connectivity index (χ4n) is 2.21. The molecule has 16 heavy (non-hydrogen) atoms. The van der Waals surface area contributed by atoms with E-state index >= 15 is 0 Å². The van der Waals surface area contributed by atoms with Crippen LogP contribution in [0.15, 0.2) is 12.4 Å². The van der Waals surface area contributed by atoms with Crippen molar-refractivity contribution < 1.29 is 9.90 Å². The topological polar surface area (TPSA) is 67.2 Å². The Morgan fingerprint density at radius 3 is 3.12 bits per heavy atom. The number of aliphatic carboxylic acids is 1. The van der Waals surface area contributed by atoms with Crippen molar-refractivity contribution in [1.82, 2.24) is 14.9 Å². The van der Waals surface area contributed by atoms with E-state index in [0.717, 1.165) is 25.2 Å². The molecule has 0 aromatic carbocycles. The van der Waals surface area contributed by atoms with Gasteiger partial charge in [0.25, 0.3) is 0 Å². The lowest BCUT2D eigenvalue weighted by atomic mass is 10.1. The van der Waals surface area contributed by atoms with Crippen LogP contribution < -0.4 is 5.32 Å². The van der Waals surface area contributed by atoms with Gasteiger partial charge in [-0.15, -0.1) is 0 Å². The monoisotopic (exact) mass is 223 g/mol. The molecule has 0 amide bonds. The second-order valence-corrected chi connectivity index (χ2v) is 4.17. The SMILES string of the molecule is CCn1ccnc1CC1CCC(C(=O)O)N1. The van der Waals surface area contributed by atoms with E-state index in [1.807, 2.05) is 6.20 Å². The Balaban J connectivity index is 1.94. The molecule has 0 spiro atoms. The molecule has 0 aliphatic carbocycles. The van der Waals surface area contributed by atoms with Crippen LogP contribution in [-0.2, 0) is 17.8 Å². The van der Waals surface area contributed by atoms with E-state index in [2.05, 4.69) is 21.8 Å². The highest BCUT2D eigenvalue weighted by Crippen LogP contribution is 2.16. The summed E-state index contributed by atoms with van der Waals surface area (Å²) in [6, 6.07) is -0.135. The number of nitrogens with one attached hydrogen (secondary N) is 1. The molecule has 1 aliphatic heterocycles. The lowest BCUT2D eigenvalue weighted by molar-refractivity contribution is -0.139. The maximum atomic E-state index is 10.8. The molecule has 2 N–H and O–H groups in total. The molecule has 2 heterocycles. The number of aromatic nitrogens is 2. The molecule has 88 valence electrons. The Morgan fingerprint density at radius 1 is 1.69 bits per heavy atom. The highest BCUT2D eigenvalue weighted by molar-refractivity contribution is 5.73. The Morgan fingerprint density at radius 2 is 2.50 bits per heavy atom. The van der Waals surface area contributed by atoms with Gasteiger partial charge in [0.15, 0.2) is 0 Å². The molecule has 1 aliphatic rings. The minimum Gasteiger partial charge on any atom is -0.480 e. The van der Waals surface area contributed by atoms with Crippen LogP contribution in [-0.4, -0.2) is 32.7 Å². The molecule has 2 atom stereocenters. The summed E-state index contributed by atoms with van der Waals surface area (Å²) in [4.78, 5) is 15.1. The van der Waals surface area contributed by atoms with Gasteiger partial charge in [-0.1, -0.05) is 0 Å². The van der Waals surface area contributed by atoms with Crippen molar-refractivity contribution in [2.24, 2.45) is 0 Å². The van der Waals surface area contributed by atoms with E-state index in [9.17, 15) is 4.79 Å². The van der Waals surface area contributed by atoms with Crippen LogP contribution >= 0.6 is 0 Å². The smallest absolute Gasteiger partial charge is 0.320 e. The first-order chi connectivity index (χ1) is 7.70. The van der Waals surface area contributed by atoms with Crippen molar-refractivity contribution in [2.45, 2.75) is 44.8 Å². The highest BCUT2D eigenvalue weighted by atomic mass is 16.4. The van der Waals surface area contributed by atoms with Crippen molar-refractivity contribution in [3.8, 4) is 0 Å². The van der Waals surface area contributed by atoms with Crippen molar-refractivity contribution >= 4 is 5.97 Å². The molecule has 5 nitrogen and oxygen atoms in total. The zero-order chi connectivity index (χ0) is 11.5. The molecule has 2 rings (SSSR count). The Bertz CT molecular complexity index is 375. The number of hydrogen-bond donors (Lipinski definition) is 2. The van der Waals surface area contributed by atoms with E-state index < -0.39 is 5.97 Å². The number of nitrogens with zero attached hydrogens (tertiary/aromatic N) is 2. The second kappa shape index (κ2) is 4.65. The van der Waals surface area contributed by atoms with Gasteiger partial charge in [-0.3, -0.25) is 4.79 Å². The number of carboxylic acid groups (broad SMARTS) is 1. The van der Waals surface area contributed by atoms with Crippen LogP contribution in [0.5, 0.6) is 0 Å². The summed E-state index contributed by atoms with van der Waals surface area (Å²) in [5, 5.41) is 12.0. The molecule has 0 saturated carbocycles. The molecule has 1 aromatic rings. The molecular formula is C11H17N3O2. The van der Waals surface area contributed by atoms with Gasteiger partial charge in [-0.25, -0.2) is 4.98 Å². The number of rotatable bonds is 4. The van der Waals surface area contributed by atoms with E-state index in [1.165, 1.54) is 0 Å². The van der Waals surface area contributed by atoms with Gasteiger partial charge in [0.05, 0.1) is 0 Å². The number of aryl methyl sites for hydroxylation is 1. The fraction of sp³-hybridized carbons (Fsp3) is 0.636. The Hall–Kier alpha value is -1.36. The van der Waals surface area contributed by atoms with E-state index in [-0.39, 0.29) is 12.1 Å². The highest BCUT2D eigenvalue weighted by Gasteiger charge is 2.29. The zero-order valence-corrected chi connectivity index (χ0v) is 9.39. The standard InChI is InChI=1S/C11H17N3O2/c1-2-14-6-5-12-10(14)7-8-3-4-9(13-8)11(15)16/h5-6,8-9,13H,2-4,7H2,1H3,(H,15,16). The first kappa shape index (κ1) is 11.1. The van der Waals surface area contributed by atoms with Gasteiger partial charge >= 0.3 is 5.97 Å². The number of imidazole rings is 1. The molecule has 1 saturated heterocycles. The van der Waals surface area contributed by atoms with Gasteiger partial charge in [0, 0.05) is 31.4 Å². The average Bonchev–Trinajstić information content (AvgIpc) is 2.87. The quantitative estimate of drug-likeness (QED) is 0.786. The molecule has 1 fully saturated rings. The maximum Gasteiger partial charge on any atom is 0.320 e. The Kier molecular flexibility index (Phi) is 3.24. The minimum atomic E-state index is -0.749. The van der Waals surface area contributed by atoms with E-state index in [4.69, 9.17) is 5.11 Å². The fourth-order valence-corrected chi connectivity index (χ4v) is 2.21. The molecule has 5 heteroatoms. The second-order valence-electron chi connectivity index (χ2n) is 4.17. The lowest BCUT2D eigenvalue weighted by Gasteiger charge is -2.12. The third kappa shape index (κ3) is 2.24. The minimum absolute atomic E-state index is 0.244. The number of carboxylic acids is 1.